The second kappa shape index (κ2) is 4.19. The highest BCUT2D eigenvalue weighted by Crippen LogP contribution is 2.16. The van der Waals surface area contributed by atoms with Crippen LogP contribution in [-0.4, -0.2) is 15.1 Å². The summed E-state index contributed by atoms with van der Waals surface area (Å²) in [5.41, 5.74) is 2.86. The van der Waals surface area contributed by atoms with Crippen LogP contribution in [0.4, 0.5) is 0 Å². The molecule has 1 N–H and O–H groups in total. The van der Waals surface area contributed by atoms with Crippen molar-refractivity contribution in [2.45, 2.75) is 13.5 Å². The first-order valence-corrected chi connectivity index (χ1v) is 4.79. The van der Waals surface area contributed by atoms with E-state index >= 15 is 0 Å². The van der Waals surface area contributed by atoms with E-state index in [2.05, 4.69) is 9.97 Å². The second-order valence-corrected chi connectivity index (χ2v) is 3.34. The van der Waals surface area contributed by atoms with Crippen molar-refractivity contribution in [1.82, 2.24) is 9.97 Å². The third-order valence-electron chi connectivity index (χ3n) is 2.21. The molecule has 15 heavy (non-hydrogen) atoms. The fourth-order valence-corrected chi connectivity index (χ4v) is 1.40. The molecule has 3 nitrogen and oxygen atoms in total. The molecule has 0 aliphatic heterocycles. The lowest BCUT2D eigenvalue weighted by atomic mass is 10.1. The van der Waals surface area contributed by atoms with Crippen molar-refractivity contribution in [1.29, 1.82) is 0 Å². The van der Waals surface area contributed by atoms with Gasteiger partial charge in [0.05, 0.1) is 12.3 Å². The average molecular weight is 200 g/mol. The molecule has 0 aliphatic carbocycles. The van der Waals surface area contributed by atoms with Crippen molar-refractivity contribution in [3.63, 3.8) is 0 Å². The van der Waals surface area contributed by atoms with Crippen LogP contribution >= 0.6 is 0 Å². The van der Waals surface area contributed by atoms with Gasteiger partial charge in [-0.15, -0.1) is 0 Å². The number of benzene rings is 1. The number of rotatable bonds is 2. The topological polar surface area (TPSA) is 46.0 Å². The first-order valence-electron chi connectivity index (χ1n) is 4.79. The molecule has 2 aromatic rings. The number of aromatic nitrogens is 2. The zero-order valence-corrected chi connectivity index (χ0v) is 8.51. The van der Waals surface area contributed by atoms with Crippen molar-refractivity contribution in [2.75, 3.05) is 0 Å². The van der Waals surface area contributed by atoms with Crippen LogP contribution in [0.1, 0.15) is 11.4 Å². The Bertz CT molecular complexity index is 451. The number of aliphatic hydroxyl groups is 1. The first kappa shape index (κ1) is 9.80. The summed E-state index contributed by atoms with van der Waals surface area (Å²) in [7, 11) is 0. The van der Waals surface area contributed by atoms with Gasteiger partial charge in [0.25, 0.3) is 0 Å². The van der Waals surface area contributed by atoms with E-state index < -0.39 is 0 Å². The highest BCUT2D eigenvalue weighted by Gasteiger charge is 1.99. The van der Waals surface area contributed by atoms with E-state index in [4.69, 9.17) is 5.11 Å². The van der Waals surface area contributed by atoms with Gasteiger partial charge in [-0.2, -0.15) is 0 Å². The zero-order valence-electron chi connectivity index (χ0n) is 8.51. The molecule has 0 unspecified atom stereocenters. The van der Waals surface area contributed by atoms with Gasteiger partial charge in [0.2, 0.25) is 0 Å². The molecule has 1 aromatic carbocycles. The van der Waals surface area contributed by atoms with Crippen molar-refractivity contribution in [2.24, 2.45) is 0 Å². The van der Waals surface area contributed by atoms with Crippen molar-refractivity contribution in [3.05, 3.63) is 47.9 Å². The Morgan fingerprint density at radius 1 is 1.13 bits per heavy atom. The average Bonchev–Trinajstić information content (AvgIpc) is 2.29. The van der Waals surface area contributed by atoms with Gasteiger partial charge in [-0.3, -0.25) is 0 Å². The summed E-state index contributed by atoms with van der Waals surface area (Å²) in [6, 6.07) is 9.57. The Morgan fingerprint density at radius 2 is 1.87 bits per heavy atom. The second-order valence-electron chi connectivity index (χ2n) is 3.34. The van der Waals surface area contributed by atoms with Crippen LogP contribution in [0.5, 0.6) is 0 Å². The molecule has 1 aromatic heterocycles. The molecule has 0 amide bonds. The molecule has 76 valence electrons. The fraction of sp³-hybridized carbons (Fsp3) is 0.167. The van der Waals surface area contributed by atoms with E-state index in [-0.39, 0.29) is 6.61 Å². The minimum absolute atomic E-state index is 0.0725. The molecule has 0 saturated carbocycles. The predicted octanol–water partition coefficient (Wildman–Crippen LogP) is 1.94. The molecule has 0 bridgehead atoms. The lowest BCUT2D eigenvalue weighted by Gasteiger charge is -2.02. The van der Waals surface area contributed by atoms with Gasteiger partial charge in [-0.1, -0.05) is 24.3 Å². The summed E-state index contributed by atoms with van der Waals surface area (Å²) in [5, 5.41) is 8.92. The smallest absolute Gasteiger partial charge is 0.125 e. The number of aliphatic hydroxyl groups excluding tert-OH is 1. The van der Waals surface area contributed by atoms with Crippen LogP contribution in [0.15, 0.2) is 36.5 Å². The summed E-state index contributed by atoms with van der Waals surface area (Å²) in [6.07, 6.45) is 1.75. The van der Waals surface area contributed by atoms with Crippen LogP contribution in [0.3, 0.4) is 0 Å². The quantitative estimate of drug-likeness (QED) is 0.805. The van der Waals surface area contributed by atoms with E-state index in [0.717, 1.165) is 22.6 Å². The van der Waals surface area contributed by atoms with Gasteiger partial charge in [-0.05, 0) is 18.6 Å². The number of hydrogen-bond acceptors (Lipinski definition) is 3. The van der Waals surface area contributed by atoms with Gasteiger partial charge >= 0.3 is 0 Å². The summed E-state index contributed by atoms with van der Waals surface area (Å²) < 4.78 is 0. The zero-order chi connectivity index (χ0) is 10.7. The third kappa shape index (κ3) is 2.19. The largest absolute Gasteiger partial charge is 0.392 e. The molecule has 3 heteroatoms. The Labute approximate surface area is 88.5 Å². The molecule has 0 radical (unpaired) electrons. The van der Waals surface area contributed by atoms with Gasteiger partial charge in [0, 0.05) is 11.8 Å². The highest BCUT2D eigenvalue weighted by atomic mass is 16.3. The maximum absolute atomic E-state index is 8.92. The van der Waals surface area contributed by atoms with Crippen LogP contribution in [0.2, 0.25) is 0 Å². The minimum atomic E-state index is 0.0725. The summed E-state index contributed by atoms with van der Waals surface area (Å²) in [6.45, 7) is 1.94. The molecule has 2 rings (SSSR count). The minimum Gasteiger partial charge on any atom is -0.392 e. The third-order valence-corrected chi connectivity index (χ3v) is 2.21. The normalized spacial score (nSPS) is 10.3. The molecule has 1 heterocycles. The molecule has 0 fully saturated rings. The van der Waals surface area contributed by atoms with Crippen LogP contribution in [0, 0.1) is 6.92 Å². The SMILES string of the molecule is Cc1nccc(-c2ccc(CO)cc2)n1. The van der Waals surface area contributed by atoms with Crippen molar-refractivity contribution in [3.8, 4) is 11.3 Å². The van der Waals surface area contributed by atoms with Crippen molar-refractivity contribution >= 4 is 0 Å². The highest BCUT2D eigenvalue weighted by molar-refractivity contribution is 5.58. The van der Waals surface area contributed by atoms with E-state index in [0.29, 0.717) is 0 Å². The van der Waals surface area contributed by atoms with Gasteiger partial charge in [0.15, 0.2) is 0 Å². The van der Waals surface area contributed by atoms with Gasteiger partial charge in [-0.25, -0.2) is 9.97 Å². The number of nitrogens with zero attached hydrogens (tertiary/aromatic N) is 2. The van der Waals surface area contributed by atoms with E-state index in [1.54, 1.807) is 6.20 Å². The van der Waals surface area contributed by atoms with Crippen molar-refractivity contribution < 1.29 is 5.11 Å². The maximum Gasteiger partial charge on any atom is 0.125 e. The Kier molecular flexibility index (Phi) is 2.74. The molecular weight excluding hydrogens is 188 g/mol. The van der Waals surface area contributed by atoms with E-state index in [1.807, 2.05) is 37.3 Å². The summed E-state index contributed by atoms with van der Waals surface area (Å²) >= 11 is 0. The summed E-state index contributed by atoms with van der Waals surface area (Å²) in [5.74, 6) is 0.763. The van der Waals surface area contributed by atoms with Gasteiger partial charge in [0.1, 0.15) is 5.82 Å². The molecule has 0 spiro atoms. The molecular formula is C12H12N2O. The van der Waals surface area contributed by atoms with Crippen LogP contribution in [-0.2, 0) is 6.61 Å². The maximum atomic E-state index is 8.92. The van der Waals surface area contributed by atoms with E-state index in [1.165, 1.54) is 0 Å². The Morgan fingerprint density at radius 3 is 2.47 bits per heavy atom. The monoisotopic (exact) mass is 200 g/mol. The predicted molar refractivity (Wildman–Crippen MR) is 58.1 cm³/mol. The molecule has 0 aliphatic rings. The molecule has 0 saturated heterocycles. The molecule has 0 atom stereocenters. The Hall–Kier alpha value is -1.74. The fourth-order valence-electron chi connectivity index (χ4n) is 1.40. The van der Waals surface area contributed by atoms with Crippen LogP contribution in [0.25, 0.3) is 11.3 Å². The standard InChI is InChI=1S/C12H12N2O/c1-9-13-7-6-12(14-9)11-4-2-10(8-15)3-5-11/h2-7,15H,8H2,1H3. The summed E-state index contributed by atoms with van der Waals surface area (Å²) in [4.78, 5) is 8.37. The van der Waals surface area contributed by atoms with Gasteiger partial charge < -0.3 is 5.11 Å². The lowest BCUT2D eigenvalue weighted by molar-refractivity contribution is 0.282. The van der Waals surface area contributed by atoms with E-state index in [9.17, 15) is 0 Å². The first-order chi connectivity index (χ1) is 7.29. The number of aryl methyl sites for hydroxylation is 1. The number of hydrogen-bond donors (Lipinski definition) is 1. The van der Waals surface area contributed by atoms with Crippen LogP contribution < -0.4 is 0 Å². The Balaban J connectivity index is 2.37. The lowest BCUT2D eigenvalue weighted by Crippen LogP contribution is -1.90.